The van der Waals surface area contributed by atoms with Crippen molar-refractivity contribution in [2.45, 2.75) is 38.6 Å². The second-order valence-corrected chi connectivity index (χ2v) is 8.20. The summed E-state index contributed by atoms with van der Waals surface area (Å²) in [4.78, 5) is 4.13. The number of hydrogen-bond donors (Lipinski definition) is 2. The van der Waals surface area contributed by atoms with Crippen molar-refractivity contribution >= 4 is 39.8 Å². The van der Waals surface area contributed by atoms with Gasteiger partial charge in [-0.3, -0.25) is 0 Å². The Morgan fingerprint density at radius 3 is 2.41 bits per heavy atom. The van der Waals surface area contributed by atoms with E-state index in [0.29, 0.717) is 11.1 Å². The quantitative estimate of drug-likeness (QED) is 0.425. The summed E-state index contributed by atoms with van der Waals surface area (Å²) in [7, 11) is -3.20. The Kier molecular flexibility index (Phi) is 7.76. The number of rotatable bonds is 4. The normalized spacial score (nSPS) is 12.7. The van der Waals surface area contributed by atoms with Gasteiger partial charge in [-0.15, -0.1) is 24.0 Å². The van der Waals surface area contributed by atoms with E-state index in [1.165, 1.54) is 18.2 Å². The van der Waals surface area contributed by atoms with Gasteiger partial charge in [0.15, 0.2) is 15.8 Å². The molecule has 8 heteroatoms. The predicted octanol–water partition coefficient (Wildman–Crippen LogP) is 2.19. The minimum Gasteiger partial charge on any atom is -0.370 e. The molecule has 0 unspecified atom stereocenters. The van der Waals surface area contributed by atoms with Crippen LogP contribution in [0.25, 0.3) is 0 Å². The molecule has 0 atom stereocenters. The van der Waals surface area contributed by atoms with Gasteiger partial charge in [-0.25, -0.2) is 17.8 Å². The van der Waals surface area contributed by atoms with Gasteiger partial charge < -0.3 is 11.1 Å². The fourth-order valence-electron chi connectivity index (χ4n) is 1.76. The fraction of sp³-hybridized carbons (Fsp3) is 0.500. The smallest absolute Gasteiger partial charge is 0.189 e. The van der Waals surface area contributed by atoms with Gasteiger partial charge in [0, 0.05) is 11.8 Å². The first-order valence-corrected chi connectivity index (χ1v) is 8.55. The number of benzene rings is 1. The molecule has 0 fully saturated rings. The zero-order valence-corrected chi connectivity index (χ0v) is 16.3. The molecule has 0 aliphatic rings. The summed E-state index contributed by atoms with van der Waals surface area (Å²) in [5.41, 5.74) is 6.57. The van der Waals surface area contributed by atoms with Crippen molar-refractivity contribution < 1.29 is 12.8 Å². The highest BCUT2D eigenvalue weighted by atomic mass is 127. The van der Waals surface area contributed by atoms with E-state index in [1.54, 1.807) is 0 Å². The molecule has 0 aliphatic carbocycles. The van der Waals surface area contributed by atoms with Gasteiger partial charge in [0.05, 0.1) is 12.3 Å². The van der Waals surface area contributed by atoms with Crippen LogP contribution in [0.3, 0.4) is 0 Å². The van der Waals surface area contributed by atoms with E-state index in [9.17, 15) is 12.8 Å². The average molecular weight is 443 g/mol. The summed E-state index contributed by atoms with van der Waals surface area (Å²) in [6.07, 6.45) is 1.14. The summed E-state index contributed by atoms with van der Waals surface area (Å²) >= 11 is 0. The summed E-state index contributed by atoms with van der Waals surface area (Å²) in [5, 5.41) is 2.99. The lowest BCUT2D eigenvalue weighted by Crippen LogP contribution is -2.45. The second-order valence-electron chi connectivity index (χ2n) is 6.06. The Labute approximate surface area is 148 Å². The van der Waals surface area contributed by atoms with Crippen LogP contribution in [0.1, 0.15) is 31.9 Å². The number of nitrogens with two attached hydrogens (primary N) is 1. The van der Waals surface area contributed by atoms with Crippen LogP contribution in [0.15, 0.2) is 23.2 Å². The minimum atomic E-state index is -3.20. The summed E-state index contributed by atoms with van der Waals surface area (Å²) in [6.45, 7) is 5.93. The lowest BCUT2D eigenvalue weighted by atomic mass is 10.1. The third kappa shape index (κ3) is 8.52. The number of guanidine groups is 1. The van der Waals surface area contributed by atoms with Gasteiger partial charge >= 0.3 is 0 Å². The monoisotopic (exact) mass is 443 g/mol. The molecule has 1 aromatic carbocycles. The Morgan fingerprint density at radius 2 is 1.91 bits per heavy atom. The molecule has 5 nitrogen and oxygen atoms in total. The molecule has 22 heavy (non-hydrogen) atoms. The largest absolute Gasteiger partial charge is 0.370 e. The van der Waals surface area contributed by atoms with Crippen LogP contribution in [0, 0.1) is 5.82 Å². The van der Waals surface area contributed by atoms with E-state index in [4.69, 9.17) is 5.73 Å². The molecule has 0 radical (unpaired) electrons. The van der Waals surface area contributed by atoms with Crippen LogP contribution in [0.5, 0.6) is 0 Å². The average Bonchev–Trinajstić information content (AvgIpc) is 2.25. The Morgan fingerprint density at radius 1 is 1.32 bits per heavy atom. The van der Waals surface area contributed by atoms with Gasteiger partial charge in [0.2, 0.25) is 0 Å². The number of nitrogens with zero attached hydrogens (tertiary/aromatic N) is 1. The fourth-order valence-corrected chi connectivity index (χ4v) is 2.61. The number of aliphatic imine (C=N–C) groups is 1. The predicted molar refractivity (Wildman–Crippen MR) is 98.6 cm³/mol. The third-order valence-corrected chi connectivity index (χ3v) is 3.34. The van der Waals surface area contributed by atoms with Crippen molar-refractivity contribution in [3.8, 4) is 0 Å². The lowest BCUT2D eigenvalue weighted by Gasteiger charge is -2.21. The second kappa shape index (κ2) is 8.09. The topological polar surface area (TPSA) is 84.5 Å². The number of halogens is 2. The van der Waals surface area contributed by atoms with Gasteiger partial charge in [0.25, 0.3) is 0 Å². The molecule has 0 saturated carbocycles. The Bertz CT molecular complexity index is 640. The van der Waals surface area contributed by atoms with Crippen LogP contribution in [-0.2, 0) is 22.1 Å². The molecule has 0 spiro atoms. The summed E-state index contributed by atoms with van der Waals surface area (Å²) in [6, 6.07) is 3.99. The molecular formula is C14H23FIN3O2S. The van der Waals surface area contributed by atoms with Crippen LogP contribution in [-0.4, -0.2) is 26.2 Å². The van der Waals surface area contributed by atoms with Crippen LogP contribution < -0.4 is 11.1 Å². The highest BCUT2D eigenvalue weighted by Crippen LogP contribution is 2.15. The molecule has 0 aromatic heterocycles. The van der Waals surface area contributed by atoms with E-state index in [1.807, 2.05) is 20.8 Å². The summed E-state index contributed by atoms with van der Waals surface area (Å²) in [5.74, 6) is -0.345. The zero-order valence-electron chi connectivity index (χ0n) is 13.2. The minimum absolute atomic E-state index is 0. The van der Waals surface area contributed by atoms with Gasteiger partial charge in [-0.05, 0) is 44.0 Å². The zero-order chi connectivity index (χ0) is 16.3. The SMILES string of the molecule is CC(C)(C)NC(N)=NCc1cc(F)ccc1CS(C)(=O)=O.I. The lowest BCUT2D eigenvalue weighted by molar-refractivity contribution is 0.508. The molecule has 126 valence electrons. The molecule has 0 aliphatic heterocycles. The van der Waals surface area contributed by atoms with E-state index in [2.05, 4.69) is 10.3 Å². The summed E-state index contributed by atoms with van der Waals surface area (Å²) < 4.78 is 36.1. The number of nitrogens with one attached hydrogen (secondary N) is 1. The van der Waals surface area contributed by atoms with Crippen molar-refractivity contribution in [3.63, 3.8) is 0 Å². The van der Waals surface area contributed by atoms with Crippen LogP contribution >= 0.6 is 24.0 Å². The van der Waals surface area contributed by atoms with Crippen molar-refractivity contribution in [2.75, 3.05) is 6.26 Å². The molecule has 3 N–H and O–H groups in total. The molecule has 1 aromatic rings. The van der Waals surface area contributed by atoms with Gasteiger partial charge in [-0.1, -0.05) is 6.07 Å². The highest BCUT2D eigenvalue weighted by Gasteiger charge is 2.12. The Balaban J connectivity index is 0.00000441. The molecule has 1 rings (SSSR count). The van der Waals surface area contributed by atoms with Crippen molar-refractivity contribution in [1.82, 2.24) is 5.32 Å². The molecule has 0 amide bonds. The molecule has 0 heterocycles. The first-order chi connectivity index (χ1) is 9.46. The number of sulfone groups is 1. The van der Waals surface area contributed by atoms with Gasteiger partial charge in [-0.2, -0.15) is 0 Å². The number of hydrogen-bond acceptors (Lipinski definition) is 3. The van der Waals surface area contributed by atoms with Crippen molar-refractivity contribution in [1.29, 1.82) is 0 Å². The van der Waals surface area contributed by atoms with Crippen molar-refractivity contribution in [3.05, 3.63) is 35.1 Å². The first-order valence-electron chi connectivity index (χ1n) is 6.49. The van der Waals surface area contributed by atoms with E-state index >= 15 is 0 Å². The van der Waals surface area contributed by atoms with Gasteiger partial charge in [0.1, 0.15) is 5.82 Å². The molecule has 0 saturated heterocycles. The van der Waals surface area contributed by atoms with E-state index in [0.717, 1.165) is 6.26 Å². The van der Waals surface area contributed by atoms with E-state index < -0.39 is 15.7 Å². The maximum atomic E-state index is 13.3. The van der Waals surface area contributed by atoms with Crippen LogP contribution in [0.4, 0.5) is 4.39 Å². The van der Waals surface area contributed by atoms with Crippen LogP contribution in [0.2, 0.25) is 0 Å². The first kappa shape index (κ1) is 21.1. The maximum absolute atomic E-state index is 13.3. The molecular weight excluding hydrogens is 420 g/mol. The van der Waals surface area contributed by atoms with E-state index in [-0.39, 0.29) is 47.8 Å². The third-order valence-electron chi connectivity index (χ3n) is 2.51. The maximum Gasteiger partial charge on any atom is 0.189 e. The molecule has 0 bridgehead atoms. The van der Waals surface area contributed by atoms with Crippen molar-refractivity contribution in [2.24, 2.45) is 10.7 Å². The standard InChI is InChI=1S/C14H22FN3O2S.HI/c1-14(2,3)18-13(16)17-8-11-7-12(15)6-5-10(11)9-21(4,19)20;/h5-7H,8-9H2,1-4H3,(H3,16,17,18);1H. The Hall–Kier alpha value is -0.900. The highest BCUT2D eigenvalue weighted by molar-refractivity contribution is 14.0.